The number of amidine groups is 1. The van der Waals surface area contributed by atoms with Gasteiger partial charge in [0.15, 0.2) is 5.84 Å². The van der Waals surface area contributed by atoms with Gasteiger partial charge in [-0.1, -0.05) is 11.2 Å². The summed E-state index contributed by atoms with van der Waals surface area (Å²) in [5.41, 5.74) is 5.25. The van der Waals surface area contributed by atoms with Gasteiger partial charge in [-0.15, -0.1) is 11.3 Å². The molecule has 0 spiro atoms. The Morgan fingerprint density at radius 3 is 2.58 bits per heavy atom. The molecule has 0 atom stereocenters. The lowest BCUT2D eigenvalue weighted by molar-refractivity contribution is 0.319. The maximum absolute atomic E-state index is 8.71. The Hall–Kier alpha value is -1.05. The van der Waals surface area contributed by atoms with Crippen LogP contribution in [0, 0.1) is 0 Å². The van der Waals surface area contributed by atoms with E-state index in [0.29, 0.717) is 9.65 Å². The van der Waals surface area contributed by atoms with Crippen molar-refractivity contribution in [1.29, 1.82) is 0 Å². The zero-order chi connectivity index (χ0) is 9.14. The second kappa shape index (κ2) is 3.57. The van der Waals surface area contributed by atoms with Crippen LogP contribution in [0.1, 0.15) is 4.88 Å². The molecule has 0 bridgehead atoms. The van der Waals surface area contributed by atoms with Gasteiger partial charge in [0.1, 0.15) is 0 Å². The quantitative estimate of drug-likeness (QED) is 0.149. The molecule has 5 nitrogen and oxygen atoms in total. The van der Waals surface area contributed by atoms with Crippen LogP contribution in [-0.2, 0) is 0 Å². The van der Waals surface area contributed by atoms with Gasteiger partial charge in [0, 0.05) is 4.78 Å². The number of rotatable bonds is 2. The van der Waals surface area contributed by atoms with Crippen molar-refractivity contribution in [2.45, 2.75) is 0 Å². The second-order valence-electron chi connectivity index (χ2n) is 2.06. The van der Waals surface area contributed by atoms with Gasteiger partial charge >= 0.3 is 7.12 Å². The molecule has 0 unspecified atom stereocenters. The van der Waals surface area contributed by atoms with Crippen LogP contribution in [0.3, 0.4) is 0 Å². The lowest BCUT2D eigenvalue weighted by atomic mass is 9.90. The van der Waals surface area contributed by atoms with E-state index in [-0.39, 0.29) is 5.84 Å². The average molecular weight is 186 g/mol. The summed E-state index contributed by atoms with van der Waals surface area (Å²) in [6, 6.07) is 3.05. The molecule has 0 aliphatic heterocycles. The van der Waals surface area contributed by atoms with Gasteiger partial charge in [0.05, 0.1) is 4.88 Å². The molecular weight excluding hydrogens is 179 g/mol. The van der Waals surface area contributed by atoms with Crippen LogP contribution >= 0.6 is 11.3 Å². The molecule has 7 heteroatoms. The maximum Gasteiger partial charge on any atom is 0.499 e. The largest absolute Gasteiger partial charge is 0.499 e. The van der Waals surface area contributed by atoms with E-state index in [1.54, 1.807) is 6.07 Å². The minimum absolute atomic E-state index is 0.0353. The van der Waals surface area contributed by atoms with Crippen molar-refractivity contribution in [3.8, 4) is 0 Å². The summed E-state index contributed by atoms with van der Waals surface area (Å²) in [5, 5.41) is 28.5. The zero-order valence-corrected chi connectivity index (χ0v) is 6.82. The normalized spacial score (nSPS) is 11.7. The highest BCUT2D eigenvalue weighted by atomic mass is 32.1. The van der Waals surface area contributed by atoms with Crippen molar-refractivity contribution in [1.82, 2.24) is 0 Å². The van der Waals surface area contributed by atoms with Crippen molar-refractivity contribution in [2.24, 2.45) is 10.9 Å². The van der Waals surface area contributed by atoms with E-state index in [2.05, 4.69) is 5.16 Å². The monoisotopic (exact) mass is 186 g/mol. The predicted molar refractivity (Wildman–Crippen MR) is 46.7 cm³/mol. The van der Waals surface area contributed by atoms with E-state index in [0.717, 1.165) is 11.3 Å². The number of hydrogen-bond acceptors (Lipinski definition) is 5. The van der Waals surface area contributed by atoms with Gasteiger partial charge in [0.2, 0.25) is 0 Å². The topological polar surface area (TPSA) is 99.1 Å². The summed E-state index contributed by atoms with van der Waals surface area (Å²) < 4.78 is 0.358. The molecular formula is C5H7BN2O3S. The SMILES string of the molecule is N/C(=N\O)c1ccc(B(O)O)s1. The van der Waals surface area contributed by atoms with Gasteiger partial charge in [-0.25, -0.2) is 0 Å². The van der Waals surface area contributed by atoms with Gasteiger partial charge in [-0.05, 0) is 6.07 Å². The molecule has 64 valence electrons. The number of thiophene rings is 1. The van der Waals surface area contributed by atoms with Crippen LogP contribution in [0.2, 0.25) is 0 Å². The molecule has 0 radical (unpaired) electrons. The highest BCUT2D eigenvalue weighted by Crippen LogP contribution is 2.05. The molecule has 0 amide bonds. The van der Waals surface area contributed by atoms with E-state index in [1.165, 1.54) is 6.07 Å². The number of hydrogen-bond donors (Lipinski definition) is 4. The maximum atomic E-state index is 8.71. The highest BCUT2D eigenvalue weighted by Gasteiger charge is 2.14. The molecule has 0 aromatic carbocycles. The van der Waals surface area contributed by atoms with E-state index >= 15 is 0 Å². The zero-order valence-electron chi connectivity index (χ0n) is 6.01. The summed E-state index contributed by atoms with van der Waals surface area (Å²) >= 11 is 1.06. The number of nitrogens with zero attached hydrogens (tertiary/aromatic N) is 1. The first-order valence-electron chi connectivity index (χ1n) is 3.09. The second-order valence-corrected chi connectivity index (χ2v) is 3.18. The van der Waals surface area contributed by atoms with Crippen molar-refractivity contribution in [2.75, 3.05) is 0 Å². The van der Waals surface area contributed by atoms with Gasteiger partial charge in [0.25, 0.3) is 0 Å². The Labute approximate surface area is 72.9 Å². The first-order chi connectivity index (χ1) is 5.65. The minimum atomic E-state index is -1.50. The highest BCUT2D eigenvalue weighted by molar-refractivity contribution is 7.23. The molecule has 1 aromatic heterocycles. The van der Waals surface area contributed by atoms with Crippen molar-refractivity contribution in [3.05, 3.63) is 17.0 Å². The fraction of sp³-hybridized carbons (Fsp3) is 0. The summed E-state index contributed by atoms with van der Waals surface area (Å²) in [7, 11) is -1.50. The Balaban J connectivity index is 2.92. The third-order valence-electron chi connectivity index (χ3n) is 1.24. The molecule has 0 aliphatic rings. The Morgan fingerprint density at radius 1 is 1.50 bits per heavy atom. The number of oxime groups is 1. The predicted octanol–water partition coefficient (Wildman–Crippen LogP) is -1.48. The summed E-state index contributed by atoms with van der Waals surface area (Å²) in [6.45, 7) is 0. The lowest BCUT2D eigenvalue weighted by Crippen LogP contribution is -2.26. The van der Waals surface area contributed by atoms with Crippen LogP contribution in [-0.4, -0.2) is 28.2 Å². The third kappa shape index (κ3) is 1.76. The van der Waals surface area contributed by atoms with Crippen LogP contribution in [0.25, 0.3) is 0 Å². The molecule has 5 N–H and O–H groups in total. The molecule has 1 rings (SSSR count). The first-order valence-corrected chi connectivity index (χ1v) is 3.90. The van der Waals surface area contributed by atoms with E-state index < -0.39 is 7.12 Å². The van der Waals surface area contributed by atoms with E-state index in [4.69, 9.17) is 21.0 Å². The molecule has 0 saturated carbocycles. The van der Waals surface area contributed by atoms with Crippen molar-refractivity contribution >= 4 is 29.1 Å². The summed E-state index contributed by atoms with van der Waals surface area (Å²) in [5.74, 6) is -0.0353. The van der Waals surface area contributed by atoms with Crippen molar-refractivity contribution in [3.63, 3.8) is 0 Å². The van der Waals surface area contributed by atoms with Crippen molar-refractivity contribution < 1.29 is 15.3 Å². The Bertz CT molecular complexity index is 299. The Morgan fingerprint density at radius 2 is 2.17 bits per heavy atom. The lowest BCUT2D eigenvalue weighted by Gasteiger charge is -1.91. The Kier molecular flexibility index (Phi) is 2.69. The molecule has 1 heterocycles. The smallest absolute Gasteiger partial charge is 0.423 e. The van der Waals surface area contributed by atoms with Crippen LogP contribution in [0.15, 0.2) is 17.3 Å². The van der Waals surface area contributed by atoms with Gasteiger partial charge in [-0.2, -0.15) is 0 Å². The first kappa shape index (κ1) is 9.05. The summed E-state index contributed by atoms with van der Waals surface area (Å²) in [4.78, 5) is 0.501. The van der Waals surface area contributed by atoms with E-state index in [9.17, 15) is 0 Å². The van der Waals surface area contributed by atoms with E-state index in [1.807, 2.05) is 0 Å². The third-order valence-corrected chi connectivity index (χ3v) is 2.39. The number of nitrogens with two attached hydrogens (primary N) is 1. The molecule has 0 saturated heterocycles. The van der Waals surface area contributed by atoms with Crippen LogP contribution < -0.4 is 10.5 Å². The standard InChI is InChI=1S/C5H7BN2O3S/c7-5(8-11)3-1-2-4(12-3)6(9)10/h1-2,9-11H,(H2,7,8). The summed E-state index contributed by atoms with van der Waals surface area (Å²) in [6.07, 6.45) is 0. The van der Waals surface area contributed by atoms with Gasteiger partial charge < -0.3 is 21.0 Å². The van der Waals surface area contributed by atoms with Crippen LogP contribution in [0.4, 0.5) is 0 Å². The fourth-order valence-electron chi connectivity index (χ4n) is 0.679. The molecule has 12 heavy (non-hydrogen) atoms. The minimum Gasteiger partial charge on any atom is -0.423 e. The molecule has 0 aliphatic carbocycles. The van der Waals surface area contributed by atoms with Gasteiger partial charge in [-0.3, -0.25) is 0 Å². The fourth-order valence-corrected chi connectivity index (χ4v) is 1.46. The van der Waals surface area contributed by atoms with Crippen LogP contribution in [0.5, 0.6) is 0 Å². The molecule has 1 aromatic rings. The molecule has 0 fully saturated rings. The average Bonchev–Trinajstić information content (AvgIpc) is 2.51.